The maximum Gasteiger partial charge on any atom is 0.333 e. The van der Waals surface area contributed by atoms with Crippen molar-refractivity contribution in [2.75, 3.05) is 0 Å². The molecular formula is C12H10N4O2. The van der Waals surface area contributed by atoms with E-state index in [1.54, 1.807) is 25.1 Å². The number of aromatic amines is 1. The summed E-state index contributed by atoms with van der Waals surface area (Å²) in [5, 5.41) is 8.79. The summed E-state index contributed by atoms with van der Waals surface area (Å²) >= 11 is 0. The van der Waals surface area contributed by atoms with E-state index in [9.17, 15) is 9.59 Å². The van der Waals surface area contributed by atoms with Crippen LogP contribution in [0.25, 0.3) is 5.69 Å². The first kappa shape index (κ1) is 11.8. The largest absolute Gasteiger partial charge is 0.333 e. The molecule has 0 amide bonds. The lowest BCUT2D eigenvalue weighted by atomic mass is 10.2. The Kier molecular flexibility index (Phi) is 2.81. The van der Waals surface area contributed by atoms with Gasteiger partial charge in [-0.05, 0) is 26.0 Å². The van der Waals surface area contributed by atoms with Gasteiger partial charge >= 0.3 is 5.69 Å². The van der Waals surface area contributed by atoms with Crippen LogP contribution < -0.4 is 11.2 Å². The molecule has 18 heavy (non-hydrogen) atoms. The van der Waals surface area contributed by atoms with E-state index >= 15 is 0 Å². The van der Waals surface area contributed by atoms with Crippen LogP contribution in [-0.4, -0.2) is 14.5 Å². The third-order valence-electron chi connectivity index (χ3n) is 2.52. The first-order chi connectivity index (χ1) is 8.52. The fourth-order valence-electron chi connectivity index (χ4n) is 1.66. The third kappa shape index (κ3) is 1.94. The number of aromatic nitrogens is 3. The van der Waals surface area contributed by atoms with E-state index in [0.29, 0.717) is 11.4 Å². The molecule has 0 aliphatic rings. The molecule has 0 radical (unpaired) electrons. The van der Waals surface area contributed by atoms with Crippen molar-refractivity contribution in [3.8, 4) is 11.8 Å². The van der Waals surface area contributed by atoms with Crippen LogP contribution in [0, 0.1) is 25.2 Å². The van der Waals surface area contributed by atoms with Crippen molar-refractivity contribution in [2.24, 2.45) is 0 Å². The van der Waals surface area contributed by atoms with E-state index in [1.807, 2.05) is 6.92 Å². The van der Waals surface area contributed by atoms with Gasteiger partial charge in [0.05, 0.1) is 11.4 Å². The number of aryl methyl sites for hydroxylation is 2. The number of nitrogens with zero attached hydrogens (tertiary/aromatic N) is 3. The average Bonchev–Trinajstić information content (AvgIpc) is 2.30. The fourth-order valence-corrected chi connectivity index (χ4v) is 1.66. The van der Waals surface area contributed by atoms with Gasteiger partial charge < -0.3 is 0 Å². The zero-order valence-corrected chi connectivity index (χ0v) is 9.89. The molecule has 0 unspecified atom stereocenters. The Labute approximate surface area is 102 Å². The van der Waals surface area contributed by atoms with E-state index in [1.165, 1.54) is 10.8 Å². The summed E-state index contributed by atoms with van der Waals surface area (Å²) in [4.78, 5) is 29.3. The molecule has 0 atom stereocenters. The highest BCUT2D eigenvalue weighted by Crippen LogP contribution is 2.09. The zero-order valence-electron chi connectivity index (χ0n) is 9.89. The van der Waals surface area contributed by atoms with Gasteiger partial charge in [-0.2, -0.15) is 5.26 Å². The number of nitrogens with one attached hydrogen (secondary N) is 1. The van der Waals surface area contributed by atoms with Crippen molar-refractivity contribution in [1.82, 2.24) is 14.5 Å². The van der Waals surface area contributed by atoms with Crippen molar-refractivity contribution in [1.29, 1.82) is 5.26 Å². The molecule has 2 aromatic heterocycles. The minimum Gasteiger partial charge on any atom is -0.273 e. The van der Waals surface area contributed by atoms with Gasteiger partial charge in [0, 0.05) is 11.9 Å². The van der Waals surface area contributed by atoms with Gasteiger partial charge in [0.2, 0.25) is 0 Å². The molecule has 6 heteroatoms. The van der Waals surface area contributed by atoms with Gasteiger partial charge in [-0.1, -0.05) is 0 Å². The van der Waals surface area contributed by atoms with Crippen LogP contribution in [0.2, 0.25) is 0 Å². The lowest BCUT2D eigenvalue weighted by Gasteiger charge is -2.08. The zero-order chi connectivity index (χ0) is 13.3. The van der Waals surface area contributed by atoms with Crippen LogP contribution >= 0.6 is 0 Å². The summed E-state index contributed by atoms with van der Waals surface area (Å²) in [5.74, 6) is 0. The number of nitriles is 1. The standard InChI is InChI=1S/C12H10N4O2/c1-7-3-4-10(8(2)14-7)16-6-9(5-13)11(17)15-12(16)18/h3-4,6H,1-2H3,(H,15,17,18). The Balaban J connectivity index is 2.76. The lowest BCUT2D eigenvalue weighted by Crippen LogP contribution is -2.30. The van der Waals surface area contributed by atoms with Crippen molar-refractivity contribution < 1.29 is 0 Å². The van der Waals surface area contributed by atoms with Gasteiger partial charge in [-0.25, -0.2) is 4.79 Å². The summed E-state index contributed by atoms with van der Waals surface area (Å²) in [6.07, 6.45) is 1.22. The molecule has 0 aromatic carbocycles. The smallest absolute Gasteiger partial charge is 0.273 e. The summed E-state index contributed by atoms with van der Waals surface area (Å²) in [7, 11) is 0. The van der Waals surface area contributed by atoms with Crippen LogP contribution in [-0.2, 0) is 0 Å². The molecule has 90 valence electrons. The van der Waals surface area contributed by atoms with Crippen molar-refractivity contribution >= 4 is 0 Å². The van der Waals surface area contributed by atoms with Crippen molar-refractivity contribution in [2.45, 2.75) is 13.8 Å². The summed E-state index contributed by atoms with van der Waals surface area (Å²) in [6, 6.07) is 5.22. The van der Waals surface area contributed by atoms with Crippen LogP contribution in [0.3, 0.4) is 0 Å². The van der Waals surface area contributed by atoms with Gasteiger partial charge in [-0.3, -0.25) is 19.3 Å². The molecule has 0 fully saturated rings. The predicted molar refractivity (Wildman–Crippen MR) is 64.6 cm³/mol. The Hall–Kier alpha value is -2.68. The Morgan fingerprint density at radius 3 is 2.67 bits per heavy atom. The second-order valence-electron chi connectivity index (χ2n) is 3.84. The first-order valence-electron chi connectivity index (χ1n) is 5.23. The molecule has 0 spiro atoms. The van der Waals surface area contributed by atoms with E-state index in [2.05, 4.69) is 9.97 Å². The number of rotatable bonds is 1. The SMILES string of the molecule is Cc1ccc(-n2cc(C#N)c(=O)[nH]c2=O)c(C)n1. The number of hydrogen-bond donors (Lipinski definition) is 1. The maximum atomic E-state index is 11.7. The second kappa shape index (κ2) is 4.30. The van der Waals surface area contributed by atoms with Crippen LogP contribution in [0.15, 0.2) is 27.9 Å². The van der Waals surface area contributed by atoms with E-state index in [0.717, 1.165) is 5.69 Å². The molecule has 1 N–H and O–H groups in total. The van der Waals surface area contributed by atoms with Crippen LogP contribution in [0.1, 0.15) is 17.0 Å². The monoisotopic (exact) mass is 242 g/mol. The quantitative estimate of drug-likeness (QED) is 0.783. The highest BCUT2D eigenvalue weighted by atomic mass is 16.2. The molecule has 2 heterocycles. The molecular weight excluding hydrogens is 232 g/mol. The molecule has 2 aromatic rings. The Morgan fingerprint density at radius 2 is 2.06 bits per heavy atom. The average molecular weight is 242 g/mol. The second-order valence-corrected chi connectivity index (χ2v) is 3.84. The summed E-state index contributed by atoms with van der Waals surface area (Å²) in [5.41, 5.74) is 0.624. The lowest BCUT2D eigenvalue weighted by molar-refractivity contribution is 0.870. The maximum absolute atomic E-state index is 11.7. The first-order valence-corrected chi connectivity index (χ1v) is 5.23. The number of pyridine rings is 1. The van der Waals surface area contributed by atoms with E-state index < -0.39 is 11.2 Å². The topological polar surface area (TPSA) is 91.5 Å². The number of hydrogen-bond acceptors (Lipinski definition) is 4. The van der Waals surface area contributed by atoms with E-state index in [-0.39, 0.29) is 5.56 Å². The summed E-state index contributed by atoms with van der Waals surface area (Å²) in [6.45, 7) is 3.60. The van der Waals surface area contributed by atoms with Gasteiger partial charge in [0.15, 0.2) is 0 Å². The molecule has 0 saturated heterocycles. The molecule has 0 bridgehead atoms. The normalized spacial score (nSPS) is 10.1. The molecule has 6 nitrogen and oxygen atoms in total. The molecule has 0 aliphatic heterocycles. The molecule has 0 aliphatic carbocycles. The molecule has 0 saturated carbocycles. The van der Waals surface area contributed by atoms with Crippen LogP contribution in [0.5, 0.6) is 0 Å². The minimum absolute atomic E-state index is 0.116. The van der Waals surface area contributed by atoms with Crippen LogP contribution in [0.4, 0.5) is 0 Å². The van der Waals surface area contributed by atoms with Crippen molar-refractivity contribution in [3.63, 3.8) is 0 Å². The van der Waals surface area contributed by atoms with E-state index in [4.69, 9.17) is 5.26 Å². The van der Waals surface area contributed by atoms with Gasteiger partial charge in [-0.15, -0.1) is 0 Å². The van der Waals surface area contributed by atoms with Crippen molar-refractivity contribution in [3.05, 3.63) is 56.1 Å². The highest BCUT2D eigenvalue weighted by molar-refractivity contribution is 5.38. The van der Waals surface area contributed by atoms with Gasteiger partial charge in [0.25, 0.3) is 5.56 Å². The molecule has 2 rings (SSSR count). The summed E-state index contributed by atoms with van der Waals surface area (Å²) < 4.78 is 1.21. The fraction of sp³-hybridized carbons (Fsp3) is 0.167. The predicted octanol–water partition coefficient (Wildman–Crippen LogP) is 0.409. The Morgan fingerprint density at radius 1 is 1.33 bits per heavy atom. The number of H-pyrrole nitrogens is 1. The Bertz CT molecular complexity index is 765. The van der Waals surface area contributed by atoms with Gasteiger partial charge in [0.1, 0.15) is 11.6 Å². The highest BCUT2D eigenvalue weighted by Gasteiger charge is 2.08. The minimum atomic E-state index is -0.684. The third-order valence-corrected chi connectivity index (χ3v) is 2.52.